The Morgan fingerprint density at radius 1 is 1.41 bits per heavy atom. The van der Waals surface area contributed by atoms with Gasteiger partial charge in [0.2, 0.25) is 0 Å². The summed E-state index contributed by atoms with van der Waals surface area (Å²) < 4.78 is 7.54. The van der Waals surface area contributed by atoms with Crippen LogP contribution in [0.3, 0.4) is 0 Å². The second-order valence-electron chi connectivity index (χ2n) is 4.69. The Kier molecular flexibility index (Phi) is 4.94. The van der Waals surface area contributed by atoms with Crippen LogP contribution in [0, 0.1) is 0 Å². The van der Waals surface area contributed by atoms with Gasteiger partial charge in [0.05, 0.1) is 18.4 Å². The van der Waals surface area contributed by atoms with E-state index >= 15 is 0 Å². The fourth-order valence-corrected chi connectivity index (χ4v) is 2.22. The molecule has 0 spiro atoms. The van der Waals surface area contributed by atoms with Gasteiger partial charge in [0.15, 0.2) is 0 Å². The SMILES string of the molecule is Cn1cc(CNCCOC2CCCCC2)nn1. The third kappa shape index (κ3) is 4.44. The molecule has 0 radical (unpaired) electrons. The predicted molar refractivity (Wildman–Crippen MR) is 65.5 cm³/mol. The second-order valence-corrected chi connectivity index (χ2v) is 4.69. The highest BCUT2D eigenvalue weighted by atomic mass is 16.5. The molecule has 1 aliphatic carbocycles. The molecule has 0 aromatic carbocycles. The lowest BCUT2D eigenvalue weighted by Crippen LogP contribution is -2.24. The zero-order valence-electron chi connectivity index (χ0n) is 10.6. The summed E-state index contributed by atoms with van der Waals surface area (Å²) in [4.78, 5) is 0. The zero-order chi connectivity index (χ0) is 11.9. The molecule has 0 unspecified atom stereocenters. The van der Waals surface area contributed by atoms with Gasteiger partial charge in [-0.15, -0.1) is 5.10 Å². The van der Waals surface area contributed by atoms with Gasteiger partial charge in [-0.1, -0.05) is 24.5 Å². The van der Waals surface area contributed by atoms with Crippen LogP contribution in [-0.2, 0) is 18.3 Å². The Bertz CT molecular complexity index is 320. The molecule has 1 N–H and O–H groups in total. The number of nitrogens with zero attached hydrogens (tertiary/aromatic N) is 3. The Morgan fingerprint density at radius 3 is 2.94 bits per heavy atom. The summed E-state index contributed by atoms with van der Waals surface area (Å²) >= 11 is 0. The van der Waals surface area contributed by atoms with Crippen LogP contribution in [0.15, 0.2) is 6.20 Å². The van der Waals surface area contributed by atoms with E-state index in [0.29, 0.717) is 6.10 Å². The molecule has 1 aromatic rings. The summed E-state index contributed by atoms with van der Waals surface area (Å²) in [6.45, 7) is 2.44. The van der Waals surface area contributed by atoms with E-state index in [1.807, 2.05) is 13.2 Å². The molecule has 1 aliphatic rings. The number of aryl methyl sites for hydroxylation is 1. The van der Waals surface area contributed by atoms with Gasteiger partial charge >= 0.3 is 0 Å². The molecule has 1 aromatic heterocycles. The normalized spacial score (nSPS) is 17.5. The Hall–Kier alpha value is -0.940. The first kappa shape index (κ1) is 12.5. The van der Waals surface area contributed by atoms with E-state index in [0.717, 1.165) is 25.4 Å². The highest BCUT2D eigenvalue weighted by Crippen LogP contribution is 2.19. The summed E-state index contributed by atoms with van der Waals surface area (Å²) in [6, 6.07) is 0. The van der Waals surface area contributed by atoms with Gasteiger partial charge in [-0.05, 0) is 12.8 Å². The van der Waals surface area contributed by atoms with E-state index in [1.54, 1.807) is 4.68 Å². The van der Waals surface area contributed by atoms with Crippen LogP contribution in [0.25, 0.3) is 0 Å². The maximum absolute atomic E-state index is 5.82. The summed E-state index contributed by atoms with van der Waals surface area (Å²) in [5.74, 6) is 0. The van der Waals surface area contributed by atoms with Crippen molar-refractivity contribution in [3.63, 3.8) is 0 Å². The van der Waals surface area contributed by atoms with Crippen molar-refractivity contribution in [1.82, 2.24) is 20.3 Å². The van der Waals surface area contributed by atoms with Crippen LogP contribution in [0.2, 0.25) is 0 Å². The summed E-state index contributed by atoms with van der Waals surface area (Å²) in [5, 5.41) is 11.2. The lowest BCUT2D eigenvalue weighted by atomic mass is 9.98. The molecule has 0 saturated heterocycles. The first-order chi connectivity index (χ1) is 8.34. The van der Waals surface area contributed by atoms with Crippen LogP contribution in [0.4, 0.5) is 0 Å². The van der Waals surface area contributed by atoms with Gasteiger partial charge in [-0.2, -0.15) is 0 Å². The molecule has 0 aliphatic heterocycles. The molecule has 5 heteroatoms. The van der Waals surface area contributed by atoms with E-state index < -0.39 is 0 Å². The van der Waals surface area contributed by atoms with E-state index in [1.165, 1.54) is 32.1 Å². The summed E-state index contributed by atoms with van der Waals surface area (Å²) in [7, 11) is 1.88. The molecular formula is C12H22N4O. The average Bonchev–Trinajstić information content (AvgIpc) is 2.76. The number of aromatic nitrogens is 3. The monoisotopic (exact) mass is 238 g/mol. The van der Waals surface area contributed by atoms with Gasteiger partial charge < -0.3 is 10.1 Å². The predicted octanol–water partition coefficient (Wildman–Crippen LogP) is 1.25. The number of nitrogens with one attached hydrogen (secondary N) is 1. The maximum atomic E-state index is 5.82. The van der Waals surface area contributed by atoms with E-state index in [9.17, 15) is 0 Å². The number of ether oxygens (including phenoxy) is 1. The van der Waals surface area contributed by atoms with E-state index in [-0.39, 0.29) is 0 Å². The van der Waals surface area contributed by atoms with Gasteiger partial charge in [0.1, 0.15) is 0 Å². The van der Waals surface area contributed by atoms with Crippen molar-refractivity contribution in [2.45, 2.75) is 44.8 Å². The number of hydrogen-bond donors (Lipinski definition) is 1. The lowest BCUT2D eigenvalue weighted by molar-refractivity contribution is 0.0302. The van der Waals surface area contributed by atoms with Crippen LogP contribution in [0.5, 0.6) is 0 Å². The first-order valence-corrected chi connectivity index (χ1v) is 6.52. The van der Waals surface area contributed by atoms with Crippen molar-refractivity contribution in [3.8, 4) is 0 Å². The molecular weight excluding hydrogens is 216 g/mol. The maximum Gasteiger partial charge on any atom is 0.0964 e. The third-order valence-corrected chi connectivity index (χ3v) is 3.14. The lowest BCUT2D eigenvalue weighted by Gasteiger charge is -2.21. The van der Waals surface area contributed by atoms with Gasteiger partial charge in [-0.3, -0.25) is 4.68 Å². The quantitative estimate of drug-likeness (QED) is 0.758. The van der Waals surface area contributed by atoms with Crippen molar-refractivity contribution in [3.05, 3.63) is 11.9 Å². The third-order valence-electron chi connectivity index (χ3n) is 3.14. The number of rotatable bonds is 6. The molecule has 1 saturated carbocycles. The van der Waals surface area contributed by atoms with E-state index in [2.05, 4.69) is 15.6 Å². The number of hydrogen-bond acceptors (Lipinski definition) is 4. The van der Waals surface area contributed by atoms with Crippen LogP contribution < -0.4 is 5.32 Å². The van der Waals surface area contributed by atoms with Gasteiger partial charge in [-0.25, -0.2) is 0 Å². The second kappa shape index (κ2) is 6.71. The largest absolute Gasteiger partial charge is 0.377 e. The standard InChI is InChI=1S/C12H22N4O/c1-16-10-11(14-15-16)9-13-7-8-17-12-5-3-2-4-6-12/h10,12-13H,2-9H2,1H3. The van der Waals surface area contributed by atoms with Crippen LogP contribution in [0.1, 0.15) is 37.8 Å². The Balaban J connectivity index is 1.51. The minimum atomic E-state index is 0.502. The fraction of sp³-hybridized carbons (Fsp3) is 0.833. The highest BCUT2D eigenvalue weighted by Gasteiger charge is 2.12. The average molecular weight is 238 g/mol. The molecule has 2 rings (SSSR count). The Labute approximate surface area is 103 Å². The molecule has 17 heavy (non-hydrogen) atoms. The van der Waals surface area contributed by atoms with Crippen molar-refractivity contribution in [1.29, 1.82) is 0 Å². The van der Waals surface area contributed by atoms with Crippen molar-refractivity contribution >= 4 is 0 Å². The van der Waals surface area contributed by atoms with E-state index in [4.69, 9.17) is 4.74 Å². The smallest absolute Gasteiger partial charge is 0.0964 e. The van der Waals surface area contributed by atoms with Crippen molar-refractivity contribution in [2.75, 3.05) is 13.2 Å². The van der Waals surface area contributed by atoms with Gasteiger partial charge in [0.25, 0.3) is 0 Å². The molecule has 0 atom stereocenters. The van der Waals surface area contributed by atoms with Gasteiger partial charge in [0, 0.05) is 26.3 Å². The summed E-state index contributed by atoms with van der Waals surface area (Å²) in [6.07, 6.45) is 8.95. The zero-order valence-corrected chi connectivity index (χ0v) is 10.6. The molecule has 0 bridgehead atoms. The molecule has 96 valence electrons. The van der Waals surface area contributed by atoms with Crippen molar-refractivity contribution in [2.24, 2.45) is 7.05 Å². The fourth-order valence-electron chi connectivity index (χ4n) is 2.22. The minimum Gasteiger partial charge on any atom is -0.377 e. The first-order valence-electron chi connectivity index (χ1n) is 6.52. The summed E-state index contributed by atoms with van der Waals surface area (Å²) in [5.41, 5.74) is 0.977. The molecule has 5 nitrogen and oxygen atoms in total. The molecule has 0 amide bonds. The Morgan fingerprint density at radius 2 is 2.24 bits per heavy atom. The van der Waals surface area contributed by atoms with Crippen LogP contribution in [-0.4, -0.2) is 34.2 Å². The van der Waals surface area contributed by atoms with Crippen LogP contribution >= 0.6 is 0 Å². The molecule has 1 heterocycles. The highest BCUT2D eigenvalue weighted by molar-refractivity contribution is 4.90. The minimum absolute atomic E-state index is 0.502. The molecule has 1 fully saturated rings. The topological polar surface area (TPSA) is 52.0 Å². The van der Waals surface area contributed by atoms with Crippen molar-refractivity contribution < 1.29 is 4.74 Å².